The number of hydrogen-bond donors (Lipinski definition) is 1. The van der Waals surface area contributed by atoms with E-state index in [1.54, 1.807) is 23.2 Å². The first-order valence-electron chi connectivity index (χ1n) is 10.4. The predicted octanol–water partition coefficient (Wildman–Crippen LogP) is 4.39. The van der Waals surface area contributed by atoms with Crippen LogP contribution >= 0.6 is 0 Å². The van der Waals surface area contributed by atoms with E-state index in [1.807, 2.05) is 24.3 Å². The van der Waals surface area contributed by atoms with Gasteiger partial charge in [0.15, 0.2) is 0 Å². The maximum atomic E-state index is 12.8. The molecule has 0 atom stereocenters. The van der Waals surface area contributed by atoms with Crippen molar-refractivity contribution < 1.29 is 4.79 Å². The van der Waals surface area contributed by atoms with Crippen LogP contribution in [0.5, 0.6) is 0 Å². The molecule has 1 saturated carbocycles. The molecule has 150 valence electrons. The van der Waals surface area contributed by atoms with Crippen LogP contribution in [-0.2, 0) is 11.3 Å². The molecule has 1 aliphatic rings. The van der Waals surface area contributed by atoms with Crippen molar-refractivity contribution in [1.82, 2.24) is 14.5 Å². The minimum atomic E-state index is -0.00769. The second-order valence-corrected chi connectivity index (χ2v) is 7.81. The van der Waals surface area contributed by atoms with Gasteiger partial charge in [-0.1, -0.05) is 25.8 Å². The summed E-state index contributed by atoms with van der Waals surface area (Å²) in [5.41, 5.74) is 2.52. The number of nitrogens with zero attached hydrogens (tertiary/aromatic N) is 3. The molecule has 2 heterocycles. The predicted molar refractivity (Wildman–Crippen MR) is 115 cm³/mol. The number of carbonyl (C=O) groups excluding carboxylic acids is 1. The van der Waals surface area contributed by atoms with Crippen molar-refractivity contribution in [3.05, 3.63) is 53.2 Å². The number of nitrogens with one attached hydrogen (secondary N) is 1. The topological polar surface area (TPSA) is 76.9 Å². The van der Waals surface area contributed by atoms with E-state index < -0.39 is 0 Å². The molecule has 1 aromatic carbocycles. The summed E-state index contributed by atoms with van der Waals surface area (Å²) in [7, 11) is 0. The zero-order valence-corrected chi connectivity index (χ0v) is 16.7. The third kappa shape index (κ3) is 4.70. The lowest BCUT2D eigenvalue weighted by molar-refractivity contribution is -0.116. The Morgan fingerprint density at radius 1 is 1.14 bits per heavy atom. The van der Waals surface area contributed by atoms with Crippen LogP contribution in [0.1, 0.15) is 45.4 Å². The number of fused-ring (bicyclic) bond motifs is 1. The molecule has 29 heavy (non-hydrogen) atoms. The minimum Gasteiger partial charge on any atom is -0.311 e. The second kappa shape index (κ2) is 8.55. The molecule has 1 N–H and O–H groups in total. The molecule has 1 aliphatic carbocycles. The summed E-state index contributed by atoms with van der Waals surface area (Å²) in [5.74, 6) is 1.15. The van der Waals surface area contributed by atoms with Crippen LogP contribution in [0, 0.1) is 5.92 Å². The summed E-state index contributed by atoms with van der Waals surface area (Å²) in [5, 5.41) is 3.46. The molecule has 0 saturated heterocycles. The standard InChI is InChI=1S/C23H26N4O2/c1-2-3-4-5-22(28)26-21-11-9-18(13-24-21)17-8-10-20-19(12-17)23(29)27(15-25-20)14-16-6-7-16/h8-13,15-16H,2-7,14H2,1H3,(H,24,26,28). The fourth-order valence-corrected chi connectivity index (χ4v) is 3.43. The molecule has 2 aromatic heterocycles. The Labute approximate surface area is 170 Å². The number of pyridine rings is 1. The molecule has 0 unspecified atom stereocenters. The Bertz CT molecular complexity index is 1070. The number of carbonyl (C=O) groups is 1. The summed E-state index contributed by atoms with van der Waals surface area (Å²) in [6, 6.07) is 9.41. The highest BCUT2D eigenvalue weighted by molar-refractivity contribution is 5.90. The normalized spacial score (nSPS) is 13.6. The third-order valence-corrected chi connectivity index (χ3v) is 5.35. The van der Waals surface area contributed by atoms with Gasteiger partial charge in [0.1, 0.15) is 5.82 Å². The number of amides is 1. The molecule has 1 amide bonds. The number of benzene rings is 1. The van der Waals surface area contributed by atoms with Gasteiger partial charge < -0.3 is 5.32 Å². The average Bonchev–Trinajstić information content (AvgIpc) is 3.55. The van der Waals surface area contributed by atoms with Crippen molar-refractivity contribution in [3.8, 4) is 11.1 Å². The highest BCUT2D eigenvalue weighted by atomic mass is 16.1. The summed E-state index contributed by atoms with van der Waals surface area (Å²) >= 11 is 0. The number of anilines is 1. The summed E-state index contributed by atoms with van der Waals surface area (Å²) in [4.78, 5) is 33.6. The Hall–Kier alpha value is -3.02. The van der Waals surface area contributed by atoms with E-state index in [4.69, 9.17) is 0 Å². The van der Waals surface area contributed by atoms with Crippen molar-refractivity contribution in [2.45, 2.75) is 52.0 Å². The van der Waals surface area contributed by atoms with Crippen LogP contribution in [-0.4, -0.2) is 20.4 Å². The second-order valence-electron chi connectivity index (χ2n) is 7.81. The molecular formula is C23H26N4O2. The summed E-state index contributed by atoms with van der Waals surface area (Å²) < 4.78 is 1.72. The monoisotopic (exact) mass is 390 g/mol. The molecule has 3 aromatic rings. The molecule has 0 spiro atoms. The Morgan fingerprint density at radius 3 is 2.69 bits per heavy atom. The lowest BCUT2D eigenvalue weighted by atomic mass is 10.1. The molecular weight excluding hydrogens is 364 g/mol. The molecule has 4 rings (SSSR count). The maximum Gasteiger partial charge on any atom is 0.261 e. The molecule has 6 nitrogen and oxygen atoms in total. The lowest BCUT2D eigenvalue weighted by Crippen LogP contribution is -2.21. The first-order chi connectivity index (χ1) is 14.1. The fourth-order valence-electron chi connectivity index (χ4n) is 3.43. The van der Waals surface area contributed by atoms with Crippen LogP contribution in [0.2, 0.25) is 0 Å². The lowest BCUT2D eigenvalue weighted by Gasteiger charge is -2.08. The number of aromatic nitrogens is 3. The number of rotatable bonds is 8. The summed E-state index contributed by atoms with van der Waals surface area (Å²) in [6.45, 7) is 2.86. The van der Waals surface area contributed by atoms with Gasteiger partial charge in [-0.15, -0.1) is 0 Å². The highest BCUT2D eigenvalue weighted by Crippen LogP contribution is 2.30. The van der Waals surface area contributed by atoms with E-state index in [0.717, 1.165) is 36.9 Å². The van der Waals surface area contributed by atoms with Gasteiger partial charge in [0.05, 0.1) is 17.2 Å². The van der Waals surface area contributed by atoms with Gasteiger partial charge in [0.2, 0.25) is 5.91 Å². The van der Waals surface area contributed by atoms with Gasteiger partial charge >= 0.3 is 0 Å². The Morgan fingerprint density at radius 2 is 1.97 bits per heavy atom. The van der Waals surface area contributed by atoms with E-state index >= 15 is 0 Å². The first kappa shape index (κ1) is 19.3. The van der Waals surface area contributed by atoms with Gasteiger partial charge in [-0.3, -0.25) is 14.2 Å². The van der Waals surface area contributed by atoms with E-state index in [-0.39, 0.29) is 11.5 Å². The first-order valence-corrected chi connectivity index (χ1v) is 10.4. The van der Waals surface area contributed by atoms with Crippen LogP contribution in [0.15, 0.2) is 47.7 Å². The van der Waals surface area contributed by atoms with Gasteiger partial charge in [0.25, 0.3) is 5.56 Å². The van der Waals surface area contributed by atoms with Crippen molar-refractivity contribution in [2.24, 2.45) is 5.92 Å². The van der Waals surface area contributed by atoms with Gasteiger partial charge in [-0.25, -0.2) is 9.97 Å². The molecule has 0 bridgehead atoms. The van der Waals surface area contributed by atoms with E-state index in [2.05, 4.69) is 22.2 Å². The minimum absolute atomic E-state index is 0.00710. The molecule has 1 fully saturated rings. The van der Waals surface area contributed by atoms with Crippen molar-refractivity contribution in [2.75, 3.05) is 5.32 Å². The third-order valence-electron chi connectivity index (χ3n) is 5.35. The Balaban J connectivity index is 1.52. The van der Waals surface area contributed by atoms with E-state index in [0.29, 0.717) is 29.1 Å². The number of unbranched alkanes of at least 4 members (excludes halogenated alkanes) is 2. The SMILES string of the molecule is CCCCCC(=O)Nc1ccc(-c2ccc3ncn(CC4CC4)c(=O)c3c2)cn1. The van der Waals surface area contributed by atoms with Gasteiger partial charge in [-0.2, -0.15) is 0 Å². The average molecular weight is 390 g/mol. The largest absolute Gasteiger partial charge is 0.311 e. The number of hydrogen-bond acceptors (Lipinski definition) is 4. The van der Waals surface area contributed by atoms with Crippen LogP contribution in [0.25, 0.3) is 22.0 Å². The van der Waals surface area contributed by atoms with Crippen LogP contribution in [0.3, 0.4) is 0 Å². The quantitative estimate of drug-likeness (QED) is 0.579. The Kier molecular flexibility index (Phi) is 5.69. The van der Waals surface area contributed by atoms with Gasteiger partial charge in [0, 0.05) is 24.7 Å². The summed E-state index contributed by atoms with van der Waals surface area (Å²) in [6.07, 6.45) is 9.32. The van der Waals surface area contributed by atoms with E-state index in [1.165, 1.54) is 12.8 Å². The smallest absolute Gasteiger partial charge is 0.261 e. The maximum absolute atomic E-state index is 12.8. The fraction of sp³-hybridized carbons (Fsp3) is 0.391. The van der Waals surface area contributed by atoms with Gasteiger partial charge in [-0.05, 0) is 55.0 Å². The molecule has 6 heteroatoms. The van der Waals surface area contributed by atoms with Crippen LogP contribution in [0.4, 0.5) is 5.82 Å². The zero-order valence-electron chi connectivity index (χ0n) is 16.7. The van der Waals surface area contributed by atoms with Crippen molar-refractivity contribution in [1.29, 1.82) is 0 Å². The molecule has 0 aliphatic heterocycles. The molecule has 0 radical (unpaired) electrons. The van der Waals surface area contributed by atoms with E-state index in [9.17, 15) is 9.59 Å². The van der Waals surface area contributed by atoms with Crippen molar-refractivity contribution >= 4 is 22.6 Å². The van der Waals surface area contributed by atoms with Crippen LogP contribution < -0.4 is 10.9 Å². The zero-order chi connectivity index (χ0) is 20.2. The van der Waals surface area contributed by atoms with Crippen molar-refractivity contribution in [3.63, 3.8) is 0 Å². The highest BCUT2D eigenvalue weighted by Gasteiger charge is 2.22.